The lowest BCUT2D eigenvalue weighted by Crippen LogP contribution is -2.31. The Morgan fingerprint density at radius 3 is 2.24 bits per heavy atom. The van der Waals surface area contributed by atoms with Crippen molar-refractivity contribution in [3.05, 3.63) is 29.8 Å². The summed E-state index contributed by atoms with van der Waals surface area (Å²) in [6.45, 7) is 2.75. The van der Waals surface area contributed by atoms with E-state index in [0.29, 0.717) is 18.8 Å². The van der Waals surface area contributed by atoms with Gasteiger partial charge in [-0.2, -0.15) is 5.26 Å². The second kappa shape index (κ2) is 7.66. The molecule has 0 saturated carbocycles. The molecule has 0 radical (unpaired) electrons. The second-order valence-corrected chi connectivity index (χ2v) is 3.60. The number of ether oxygens (including phenoxy) is 2. The SMILES string of the molecule is COCCN(CCOC)c1ccccc1C#N. The van der Waals surface area contributed by atoms with Crippen molar-refractivity contribution in [1.82, 2.24) is 0 Å². The number of hydrogen-bond acceptors (Lipinski definition) is 4. The Kier molecular flexibility index (Phi) is 6.08. The van der Waals surface area contributed by atoms with Gasteiger partial charge in [-0.15, -0.1) is 0 Å². The normalized spacial score (nSPS) is 9.94. The van der Waals surface area contributed by atoms with Gasteiger partial charge in [0.05, 0.1) is 24.5 Å². The number of anilines is 1. The number of benzene rings is 1. The maximum atomic E-state index is 9.08. The van der Waals surface area contributed by atoms with Crippen LogP contribution >= 0.6 is 0 Å². The summed E-state index contributed by atoms with van der Waals surface area (Å²) in [6.07, 6.45) is 0. The Hall–Kier alpha value is -1.57. The summed E-state index contributed by atoms with van der Waals surface area (Å²) >= 11 is 0. The maximum absolute atomic E-state index is 9.08. The van der Waals surface area contributed by atoms with E-state index < -0.39 is 0 Å². The first-order valence-corrected chi connectivity index (χ1v) is 5.55. The molecule has 0 amide bonds. The minimum atomic E-state index is 0.628. The predicted molar refractivity (Wildman–Crippen MR) is 67.1 cm³/mol. The van der Waals surface area contributed by atoms with Crippen LogP contribution in [0.25, 0.3) is 0 Å². The maximum Gasteiger partial charge on any atom is 0.101 e. The molecule has 0 unspecified atom stereocenters. The third-order valence-electron chi connectivity index (χ3n) is 2.50. The van der Waals surface area contributed by atoms with E-state index in [9.17, 15) is 0 Å². The van der Waals surface area contributed by atoms with Crippen LogP contribution < -0.4 is 4.90 Å². The van der Waals surface area contributed by atoms with Gasteiger partial charge >= 0.3 is 0 Å². The molecule has 0 aliphatic heterocycles. The summed E-state index contributed by atoms with van der Waals surface area (Å²) in [5.74, 6) is 0. The number of para-hydroxylation sites is 1. The molecule has 4 nitrogen and oxygen atoms in total. The topological polar surface area (TPSA) is 45.5 Å². The van der Waals surface area contributed by atoms with E-state index in [1.165, 1.54) is 0 Å². The lowest BCUT2D eigenvalue weighted by molar-refractivity contribution is 0.190. The summed E-state index contributed by atoms with van der Waals surface area (Å²) in [6, 6.07) is 9.78. The molecule has 0 bridgehead atoms. The quantitative estimate of drug-likeness (QED) is 0.719. The second-order valence-electron chi connectivity index (χ2n) is 3.60. The summed E-state index contributed by atoms with van der Waals surface area (Å²) < 4.78 is 10.2. The Morgan fingerprint density at radius 2 is 1.71 bits per heavy atom. The molecule has 1 aromatic rings. The van der Waals surface area contributed by atoms with Crippen molar-refractivity contribution in [3.63, 3.8) is 0 Å². The van der Waals surface area contributed by atoms with E-state index in [1.807, 2.05) is 24.3 Å². The molecule has 92 valence electrons. The molecule has 0 aliphatic rings. The summed E-state index contributed by atoms with van der Waals surface area (Å²) in [7, 11) is 3.34. The van der Waals surface area contributed by atoms with Crippen molar-refractivity contribution in [2.75, 3.05) is 45.4 Å². The number of hydrogen-bond donors (Lipinski definition) is 0. The van der Waals surface area contributed by atoms with Crippen LogP contribution in [0.3, 0.4) is 0 Å². The number of nitriles is 1. The first-order valence-electron chi connectivity index (χ1n) is 5.55. The number of rotatable bonds is 7. The van der Waals surface area contributed by atoms with E-state index in [4.69, 9.17) is 14.7 Å². The monoisotopic (exact) mass is 234 g/mol. The van der Waals surface area contributed by atoms with Crippen LogP contribution in [0.5, 0.6) is 0 Å². The van der Waals surface area contributed by atoms with E-state index in [1.54, 1.807) is 14.2 Å². The average molecular weight is 234 g/mol. The van der Waals surface area contributed by atoms with Crippen LogP contribution in [0, 0.1) is 11.3 Å². The highest BCUT2D eigenvalue weighted by atomic mass is 16.5. The minimum Gasteiger partial charge on any atom is -0.383 e. The molecule has 0 fully saturated rings. The average Bonchev–Trinajstić information content (AvgIpc) is 2.39. The fraction of sp³-hybridized carbons (Fsp3) is 0.462. The van der Waals surface area contributed by atoms with Crippen LogP contribution in [0.15, 0.2) is 24.3 Å². The molecule has 0 spiro atoms. The van der Waals surface area contributed by atoms with Crippen molar-refractivity contribution in [2.24, 2.45) is 0 Å². The van der Waals surface area contributed by atoms with Gasteiger partial charge in [0.1, 0.15) is 6.07 Å². The zero-order valence-electron chi connectivity index (χ0n) is 10.3. The molecule has 1 rings (SSSR count). The Morgan fingerprint density at radius 1 is 1.12 bits per heavy atom. The zero-order valence-corrected chi connectivity index (χ0v) is 10.3. The zero-order chi connectivity index (χ0) is 12.5. The smallest absolute Gasteiger partial charge is 0.101 e. The largest absolute Gasteiger partial charge is 0.383 e. The lowest BCUT2D eigenvalue weighted by atomic mass is 10.1. The molecule has 0 aliphatic carbocycles. The third-order valence-corrected chi connectivity index (χ3v) is 2.50. The third kappa shape index (κ3) is 4.06. The molecule has 0 saturated heterocycles. The highest BCUT2D eigenvalue weighted by Crippen LogP contribution is 2.19. The lowest BCUT2D eigenvalue weighted by Gasteiger charge is -2.25. The van der Waals surface area contributed by atoms with E-state index >= 15 is 0 Å². The fourth-order valence-corrected chi connectivity index (χ4v) is 1.60. The Balaban J connectivity index is 2.83. The van der Waals surface area contributed by atoms with Crippen LogP contribution in [0.4, 0.5) is 5.69 Å². The summed E-state index contributed by atoms with van der Waals surface area (Å²) in [5.41, 5.74) is 1.61. The minimum absolute atomic E-state index is 0.628. The molecule has 0 aromatic heterocycles. The van der Waals surface area contributed by atoms with Crippen molar-refractivity contribution in [3.8, 4) is 6.07 Å². The molecule has 4 heteroatoms. The van der Waals surface area contributed by atoms with Gasteiger partial charge in [-0.3, -0.25) is 0 Å². The standard InChI is InChI=1S/C13H18N2O2/c1-16-9-7-15(8-10-17-2)13-6-4-3-5-12(13)11-14/h3-6H,7-10H2,1-2H3. The highest BCUT2D eigenvalue weighted by Gasteiger charge is 2.10. The van der Waals surface area contributed by atoms with Crippen LogP contribution in [0.1, 0.15) is 5.56 Å². The van der Waals surface area contributed by atoms with Crippen molar-refractivity contribution in [2.45, 2.75) is 0 Å². The van der Waals surface area contributed by atoms with Gasteiger partial charge in [-0.05, 0) is 12.1 Å². The van der Waals surface area contributed by atoms with E-state index in [-0.39, 0.29) is 0 Å². The van der Waals surface area contributed by atoms with Crippen molar-refractivity contribution in [1.29, 1.82) is 5.26 Å². The summed E-state index contributed by atoms with van der Waals surface area (Å²) in [4.78, 5) is 2.10. The van der Waals surface area contributed by atoms with E-state index in [0.717, 1.165) is 18.8 Å². The van der Waals surface area contributed by atoms with Crippen LogP contribution in [-0.4, -0.2) is 40.5 Å². The van der Waals surface area contributed by atoms with Crippen molar-refractivity contribution >= 4 is 5.69 Å². The molecule has 0 atom stereocenters. The van der Waals surface area contributed by atoms with Gasteiger partial charge in [0.25, 0.3) is 0 Å². The predicted octanol–water partition coefficient (Wildman–Crippen LogP) is 1.66. The molecule has 0 heterocycles. The van der Waals surface area contributed by atoms with Gasteiger partial charge < -0.3 is 14.4 Å². The van der Waals surface area contributed by atoms with Gasteiger partial charge in [-0.1, -0.05) is 12.1 Å². The highest BCUT2D eigenvalue weighted by molar-refractivity contribution is 5.59. The van der Waals surface area contributed by atoms with Gasteiger partial charge in [-0.25, -0.2) is 0 Å². The van der Waals surface area contributed by atoms with Crippen molar-refractivity contribution < 1.29 is 9.47 Å². The van der Waals surface area contributed by atoms with Gasteiger partial charge in [0, 0.05) is 27.3 Å². The Bertz CT molecular complexity index is 366. The molecular weight excluding hydrogens is 216 g/mol. The Labute approximate surface area is 102 Å². The molecule has 0 N–H and O–H groups in total. The first kappa shape index (κ1) is 13.5. The molecular formula is C13H18N2O2. The fourth-order valence-electron chi connectivity index (χ4n) is 1.60. The van der Waals surface area contributed by atoms with Gasteiger partial charge in [0.15, 0.2) is 0 Å². The van der Waals surface area contributed by atoms with E-state index in [2.05, 4.69) is 11.0 Å². The molecule has 17 heavy (non-hydrogen) atoms. The first-order chi connectivity index (χ1) is 8.33. The van der Waals surface area contributed by atoms with Crippen LogP contribution in [-0.2, 0) is 9.47 Å². The summed E-state index contributed by atoms with van der Waals surface area (Å²) in [5, 5.41) is 9.08. The number of methoxy groups -OCH3 is 2. The molecule has 1 aromatic carbocycles. The number of nitrogens with zero attached hydrogens (tertiary/aromatic N) is 2. The van der Waals surface area contributed by atoms with Crippen LogP contribution in [0.2, 0.25) is 0 Å². The van der Waals surface area contributed by atoms with Gasteiger partial charge in [0.2, 0.25) is 0 Å².